The Labute approximate surface area is 173 Å². The van der Waals surface area contributed by atoms with E-state index in [9.17, 15) is 9.18 Å². The number of hydrogen-bond donors (Lipinski definition) is 1. The second kappa shape index (κ2) is 7.41. The van der Waals surface area contributed by atoms with E-state index >= 15 is 0 Å². The van der Waals surface area contributed by atoms with Gasteiger partial charge in [0.05, 0.1) is 15.6 Å². The number of amides is 1. The van der Waals surface area contributed by atoms with Crippen LogP contribution < -0.4 is 10.2 Å². The molecule has 0 unspecified atom stereocenters. The molecular weight excluding hydrogens is 385 g/mol. The van der Waals surface area contributed by atoms with Gasteiger partial charge in [-0.05, 0) is 61.4 Å². The Morgan fingerprint density at radius 3 is 2.55 bits per heavy atom. The number of nitrogens with zero attached hydrogens (tertiary/aromatic N) is 2. The minimum Gasteiger partial charge on any atom is -0.355 e. The summed E-state index contributed by atoms with van der Waals surface area (Å²) in [6, 6.07) is 14.6. The molecule has 3 aromatic rings. The van der Waals surface area contributed by atoms with Crippen molar-refractivity contribution in [3.05, 3.63) is 59.9 Å². The summed E-state index contributed by atoms with van der Waals surface area (Å²) in [5.74, 6) is 0.330. The highest BCUT2D eigenvalue weighted by atomic mass is 32.1. The van der Waals surface area contributed by atoms with Crippen molar-refractivity contribution in [1.29, 1.82) is 0 Å². The van der Waals surface area contributed by atoms with Gasteiger partial charge in [-0.15, -0.1) is 0 Å². The number of hydrogen-bond acceptors (Lipinski definition) is 4. The Bertz CT molecular complexity index is 987. The predicted octanol–water partition coefficient (Wildman–Crippen LogP) is 4.50. The zero-order chi connectivity index (χ0) is 19.8. The van der Waals surface area contributed by atoms with Crippen molar-refractivity contribution in [2.45, 2.75) is 31.1 Å². The van der Waals surface area contributed by atoms with E-state index in [1.807, 2.05) is 6.07 Å². The molecule has 0 atom stereocenters. The highest BCUT2D eigenvalue weighted by molar-refractivity contribution is 7.22. The summed E-state index contributed by atoms with van der Waals surface area (Å²) in [5, 5.41) is 4.28. The number of benzene rings is 2. The van der Waals surface area contributed by atoms with Gasteiger partial charge in [0.1, 0.15) is 5.82 Å². The van der Waals surface area contributed by atoms with Gasteiger partial charge in [-0.2, -0.15) is 0 Å². The molecule has 6 heteroatoms. The van der Waals surface area contributed by atoms with E-state index in [4.69, 9.17) is 4.98 Å². The van der Waals surface area contributed by atoms with Gasteiger partial charge in [-0.3, -0.25) is 4.79 Å². The number of halogens is 1. The summed E-state index contributed by atoms with van der Waals surface area (Å²) in [6.07, 6.45) is 3.81. The summed E-state index contributed by atoms with van der Waals surface area (Å²) in [7, 11) is 0. The predicted molar refractivity (Wildman–Crippen MR) is 115 cm³/mol. The first-order chi connectivity index (χ1) is 14.1. The molecule has 4 nitrogen and oxygen atoms in total. The van der Waals surface area contributed by atoms with Gasteiger partial charge in [-0.25, -0.2) is 9.37 Å². The number of rotatable bonds is 5. The summed E-state index contributed by atoms with van der Waals surface area (Å²) in [6.45, 7) is 2.67. The first-order valence-electron chi connectivity index (χ1n) is 10.3. The Balaban J connectivity index is 1.15. The number of carbonyl (C=O) groups is 1. The van der Waals surface area contributed by atoms with Crippen LogP contribution in [-0.4, -0.2) is 30.5 Å². The number of aromatic nitrogens is 1. The smallest absolute Gasteiger partial charge is 0.230 e. The van der Waals surface area contributed by atoms with Crippen LogP contribution in [0.15, 0.2) is 48.5 Å². The SMILES string of the molecule is O=C(NCC1CCN(c2nc3ccccc3s2)CC1)C1(c2ccc(F)cc2)CC1. The van der Waals surface area contributed by atoms with Crippen LogP contribution in [0.5, 0.6) is 0 Å². The van der Waals surface area contributed by atoms with E-state index in [0.29, 0.717) is 5.92 Å². The van der Waals surface area contributed by atoms with Crippen molar-refractivity contribution < 1.29 is 9.18 Å². The monoisotopic (exact) mass is 409 g/mol. The Morgan fingerprint density at radius 2 is 1.86 bits per heavy atom. The normalized spacial score (nSPS) is 18.7. The standard InChI is InChI=1S/C23H24FN3OS/c24-18-7-5-17(6-8-18)23(11-12-23)21(28)25-15-16-9-13-27(14-10-16)22-26-19-3-1-2-4-20(19)29-22/h1-8,16H,9-15H2,(H,25,28). The number of fused-ring (bicyclic) bond motifs is 1. The number of piperidine rings is 1. The maximum absolute atomic E-state index is 13.2. The number of carbonyl (C=O) groups excluding carboxylic acids is 1. The second-order valence-electron chi connectivity index (χ2n) is 8.19. The van der Waals surface area contributed by atoms with Crippen LogP contribution in [0, 0.1) is 11.7 Å². The van der Waals surface area contributed by atoms with Gasteiger partial charge in [-0.1, -0.05) is 35.6 Å². The lowest BCUT2D eigenvalue weighted by Gasteiger charge is -2.32. The maximum Gasteiger partial charge on any atom is 0.230 e. The largest absolute Gasteiger partial charge is 0.355 e. The van der Waals surface area contributed by atoms with E-state index in [1.165, 1.54) is 16.8 Å². The molecule has 2 fully saturated rings. The van der Waals surface area contributed by atoms with E-state index in [1.54, 1.807) is 23.5 Å². The molecule has 1 aliphatic heterocycles. The molecule has 2 aliphatic rings. The summed E-state index contributed by atoms with van der Waals surface area (Å²) < 4.78 is 14.4. The average molecular weight is 410 g/mol. The minimum atomic E-state index is -0.435. The fraction of sp³-hybridized carbons (Fsp3) is 0.391. The lowest BCUT2D eigenvalue weighted by molar-refractivity contribution is -0.123. The lowest BCUT2D eigenvalue weighted by atomic mass is 9.93. The van der Waals surface area contributed by atoms with Crippen LogP contribution >= 0.6 is 11.3 Å². The van der Waals surface area contributed by atoms with Crippen molar-refractivity contribution in [3.8, 4) is 0 Å². The molecule has 0 radical (unpaired) electrons. The number of para-hydroxylation sites is 1. The number of nitrogens with one attached hydrogen (secondary N) is 1. The third kappa shape index (κ3) is 3.62. The molecule has 150 valence electrons. The van der Waals surface area contributed by atoms with Crippen LogP contribution in [-0.2, 0) is 10.2 Å². The van der Waals surface area contributed by atoms with Crippen LogP contribution in [0.25, 0.3) is 10.2 Å². The van der Waals surface area contributed by atoms with Crippen LogP contribution in [0.4, 0.5) is 9.52 Å². The van der Waals surface area contributed by atoms with Gasteiger partial charge in [0.25, 0.3) is 0 Å². The van der Waals surface area contributed by atoms with E-state index in [-0.39, 0.29) is 11.7 Å². The molecule has 1 N–H and O–H groups in total. The molecular formula is C23H24FN3OS. The molecule has 1 amide bonds. The number of anilines is 1. The molecule has 1 aromatic heterocycles. The van der Waals surface area contributed by atoms with Gasteiger partial charge in [0.2, 0.25) is 5.91 Å². The van der Waals surface area contributed by atoms with Gasteiger partial charge in [0, 0.05) is 19.6 Å². The first-order valence-corrected chi connectivity index (χ1v) is 11.1. The topological polar surface area (TPSA) is 45.2 Å². The van der Waals surface area contributed by atoms with Crippen molar-refractivity contribution in [2.24, 2.45) is 5.92 Å². The molecule has 5 rings (SSSR count). The Kier molecular flexibility index (Phi) is 4.74. The van der Waals surface area contributed by atoms with Crippen LogP contribution in [0.1, 0.15) is 31.2 Å². The zero-order valence-corrected chi connectivity index (χ0v) is 17.1. The molecule has 1 aliphatic carbocycles. The first kappa shape index (κ1) is 18.6. The van der Waals surface area contributed by atoms with Gasteiger partial charge < -0.3 is 10.2 Å². The molecule has 2 aromatic carbocycles. The molecule has 1 saturated carbocycles. The average Bonchev–Trinajstić information content (AvgIpc) is 3.45. The highest BCUT2D eigenvalue weighted by Crippen LogP contribution is 2.48. The van der Waals surface area contributed by atoms with Crippen LogP contribution in [0.3, 0.4) is 0 Å². The molecule has 1 saturated heterocycles. The second-order valence-corrected chi connectivity index (χ2v) is 9.20. The van der Waals surface area contributed by atoms with Gasteiger partial charge >= 0.3 is 0 Å². The Morgan fingerprint density at radius 1 is 1.14 bits per heavy atom. The van der Waals surface area contributed by atoms with E-state index in [2.05, 4.69) is 28.4 Å². The van der Waals surface area contributed by atoms with E-state index < -0.39 is 5.41 Å². The fourth-order valence-electron chi connectivity index (χ4n) is 4.27. The zero-order valence-electron chi connectivity index (χ0n) is 16.2. The van der Waals surface area contributed by atoms with Crippen LogP contribution in [0.2, 0.25) is 0 Å². The van der Waals surface area contributed by atoms with Gasteiger partial charge in [0.15, 0.2) is 5.13 Å². The fourth-order valence-corrected chi connectivity index (χ4v) is 5.29. The Hall–Kier alpha value is -2.47. The molecule has 2 heterocycles. The third-order valence-corrected chi connectivity index (χ3v) is 7.40. The molecule has 29 heavy (non-hydrogen) atoms. The minimum absolute atomic E-state index is 0.0951. The van der Waals surface area contributed by atoms with Crippen molar-refractivity contribution >= 4 is 32.6 Å². The number of thiazole rings is 1. The summed E-state index contributed by atoms with van der Waals surface area (Å²) >= 11 is 1.75. The summed E-state index contributed by atoms with van der Waals surface area (Å²) in [5.41, 5.74) is 1.56. The van der Waals surface area contributed by atoms with Crippen molar-refractivity contribution in [1.82, 2.24) is 10.3 Å². The molecule has 0 bridgehead atoms. The molecule has 0 spiro atoms. The summed E-state index contributed by atoms with van der Waals surface area (Å²) in [4.78, 5) is 19.9. The van der Waals surface area contributed by atoms with Crippen molar-refractivity contribution in [2.75, 3.05) is 24.5 Å². The lowest BCUT2D eigenvalue weighted by Crippen LogP contribution is -2.41. The third-order valence-electron chi connectivity index (χ3n) is 6.30. The van der Waals surface area contributed by atoms with E-state index in [0.717, 1.165) is 61.5 Å². The van der Waals surface area contributed by atoms with Crippen molar-refractivity contribution in [3.63, 3.8) is 0 Å². The highest BCUT2D eigenvalue weighted by Gasteiger charge is 2.51. The quantitative estimate of drug-likeness (QED) is 0.675. The maximum atomic E-state index is 13.2.